The quantitative estimate of drug-likeness (QED) is 0.733. The van der Waals surface area contributed by atoms with Crippen LogP contribution in [0.25, 0.3) is 0 Å². The molecule has 8 nitrogen and oxygen atoms in total. The maximum Gasteiger partial charge on any atom is 0.434 e. The zero-order valence-electron chi connectivity index (χ0n) is 14.4. The van der Waals surface area contributed by atoms with Crippen LogP contribution in [0.4, 0.5) is 0 Å². The maximum absolute atomic E-state index is 12.5. The Labute approximate surface area is 168 Å². The predicted molar refractivity (Wildman–Crippen MR) is 104 cm³/mol. The molecule has 3 saturated heterocycles. The molecule has 2 N–H and O–H groups in total. The Morgan fingerprint density at radius 3 is 2.62 bits per heavy atom. The van der Waals surface area contributed by atoms with Gasteiger partial charge in [0, 0.05) is 30.8 Å². The second-order valence-electron chi connectivity index (χ2n) is 6.75. The maximum atomic E-state index is 12.5. The van der Waals surface area contributed by atoms with Crippen molar-refractivity contribution in [2.75, 3.05) is 37.8 Å². The molecule has 1 aromatic rings. The van der Waals surface area contributed by atoms with E-state index in [9.17, 15) is 9.59 Å². The summed E-state index contributed by atoms with van der Waals surface area (Å²) >= 11 is 1.83. The number of carbonyl (C=O) groups excluding carboxylic acids is 1. The number of halogens is 2. The van der Waals surface area contributed by atoms with Crippen LogP contribution >= 0.6 is 36.6 Å². The fraction of sp³-hybridized carbons (Fsp3) is 0.800. The number of H-pyrrole nitrogens is 1. The van der Waals surface area contributed by atoms with Crippen LogP contribution in [0.2, 0.25) is 0 Å². The van der Waals surface area contributed by atoms with Gasteiger partial charge in [-0.15, -0.1) is 41.7 Å². The largest absolute Gasteiger partial charge is 0.434 e. The molecule has 0 aromatic carbocycles. The van der Waals surface area contributed by atoms with Gasteiger partial charge in [0.1, 0.15) is 0 Å². The zero-order chi connectivity index (χ0) is 16.5. The van der Waals surface area contributed by atoms with Crippen LogP contribution in [-0.4, -0.2) is 75.8 Å². The van der Waals surface area contributed by atoms with E-state index in [0.717, 1.165) is 57.1 Å². The molecule has 0 bridgehead atoms. The number of aromatic nitrogens is 2. The van der Waals surface area contributed by atoms with Gasteiger partial charge < -0.3 is 14.6 Å². The summed E-state index contributed by atoms with van der Waals surface area (Å²) in [6.45, 7) is 3.66. The molecular formula is C15H25Cl2N5O3S. The first-order chi connectivity index (χ1) is 11.7. The molecular weight excluding hydrogens is 401 g/mol. The van der Waals surface area contributed by atoms with Crippen LogP contribution in [0.15, 0.2) is 9.21 Å². The van der Waals surface area contributed by atoms with Crippen molar-refractivity contribution in [1.82, 2.24) is 25.3 Å². The highest BCUT2D eigenvalue weighted by molar-refractivity contribution is 7.99. The van der Waals surface area contributed by atoms with Crippen molar-refractivity contribution in [3.05, 3.63) is 16.4 Å². The first kappa shape index (κ1) is 21.6. The Hall–Kier alpha value is -0.740. The second-order valence-corrected chi connectivity index (χ2v) is 7.83. The number of nitrogens with zero attached hydrogens (tertiary/aromatic N) is 3. The standard InChI is InChI=1S/C15H23N5O3S.2ClH/c21-14(20-5-6-24-9-20)12-7-11(8-16-12)19-3-1-10(2-4-19)13-17-18-15(22)23-13;;/h10-12,16H,1-9H2,(H,18,22);2*1H/t11-,12-;;/m0../s1. The van der Waals surface area contributed by atoms with Gasteiger partial charge >= 0.3 is 5.76 Å². The van der Waals surface area contributed by atoms with Gasteiger partial charge in [0.2, 0.25) is 11.8 Å². The Balaban J connectivity index is 0.00000121. The number of piperidine rings is 1. The van der Waals surface area contributed by atoms with E-state index in [2.05, 4.69) is 20.4 Å². The van der Waals surface area contributed by atoms with E-state index in [-0.39, 0.29) is 42.7 Å². The topological polar surface area (TPSA) is 94.5 Å². The third-order valence-electron chi connectivity index (χ3n) is 5.32. The lowest BCUT2D eigenvalue weighted by molar-refractivity contribution is -0.131. The number of carbonyl (C=O) groups is 1. The van der Waals surface area contributed by atoms with Crippen LogP contribution < -0.4 is 11.1 Å². The molecule has 0 aliphatic carbocycles. The summed E-state index contributed by atoms with van der Waals surface area (Å²) in [4.78, 5) is 28.0. The van der Waals surface area contributed by atoms with Crippen LogP contribution in [-0.2, 0) is 4.79 Å². The van der Waals surface area contributed by atoms with E-state index in [1.165, 1.54) is 0 Å². The second kappa shape index (κ2) is 9.45. The first-order valence-electron chi connectivity index (χ1n) is 8.60. The average Bonchev–Trinajstić information content (AvgIpc) is 3.36. The summed E-state index contributed by atoms with van der Waals surface area (Å²) in [6.07, 6.45) is 2.76. The van der Waals surface area contributed by atoms with Gasteiger partial charge in [0.15, 0.2) is 0 Å². The third kappa shape index (κ3) is 4.56. The summed E-state index contributed by atoms with van der Waals surface area (Å²) in [5, 5.41) is 9.70. The molecule has 1 amide bonds. The van der Waals surface area contributed by atoms with E-state index in [1.807, 2.05) is 16.7 Å². The Morgan fingerprint density at radius 1 is 1.23 bits per heavy atom. The number of aromatic amines is 1. The number of hydrogen-bond acceptors (Lipinski definition) is 7. The van der Waals surface area contributed by atoms with Gasteiger partial charge in [-0.05, 0) is 32.4 Å². The van der Waals surface area contributed by atoms with Crippen molar-refractivity contribution in [3.8, 4) is 0 Å². The number of rotatable bonds is 3. The van der Waals surface area contributed by atoms with E-state index in [1.54, 1.807) is 0 Å². The molecule has 0 unspecified atom stereocenters. The van der Waals surface area contributed by atoms with Gasteiger partial charge in [-0.2, -0.15) is 0 Å². The normalized spacial score (nSPS) is 27.2. The minimum atomic E-state index is -0.478. The molecule has 4 heterocycles. The molecule has 3 aliphatic heterocycles. The molecule has 0 saturated carbocycles. The summed E-state index contributed by atoms with van der Waals surface area (Å²) in [6, 6.07) is 0.386. The van der Waals surface area contributed by atoms with Gasteiger partial charge in [-0.3, -0.25) is 9.69 Å². The lowest BCUT2D eigenvalue weighted by Gasteiger charge is -2.34. The summed E-state index contributed by atoms with van der Waals surface area (Å²) in [5.74, 6) is 2.42. The SMILES string of the molecule is Cl.Cl.O=C([C@@H]1C[C@H](N2CCC(c3n[nH]c(=O)o3)CC2)CN1)N1CCSC1. The molecule has 0 radical (unpaired) electrons. The summed E-state index contributed by atoms with van der Waals surface area (Å²) in [7, 11) is 0. The smallest absolute Gasteiger partial charge is 0.392 e. The van der Waals surface area contributed by atoms with Crippen LogP contribution in [0.3, 0.4) is 0 Å². The van der Waals surface area contributed by atoms with Crippen molar-refractivity contribution in [2.45, 2.75) is 37.3 Å². The molecule has 4 rings (SSSR count). The molecule has 26 heavy (non-hydrogen) atoms. The Bertz CT molecular complexity index is 643. The monoisotopic (exact) mass is 425 g/mol. The van der Waals surface area contributed by atoms with E-state index >= 15 is 0 Å². The van der Waals surface area contributed by atoms with Gasteiger partial charge in [-0.25, -0.2) is 9.89 Å². The first-order valence-corrected chi connectivity index (χ1v) is 9.75. The number of likely N-dealkylation sites (tertiary alicyclic amines) is 1. The van der Waals surface area contributed by atoms with Crippen molar-refractivity contribution < 1.29 is 9.21 Å². The fourth-order valence-corrected chi connectivity index (χ4v) is 4.87. The highest BCUT2D eigenvalue weighted by Gasteiger charge is 2.37. The average molecular weight is 426 g/mol. The minimum Gasteiger partial charge on any atom is -0.392 e. The van der Waals surface area contributed by atoms with Crippen molar-refractivity contribution in [2.24, 2.45) is 0 Å². The van der Waals surface area contributed by atoms with Crippen LogP contribution in [0, 0.1) is 0 Å². The van der Waals surface area contributed by atoms with E-state index in [0.29, 0.717) is 11.9 Å². The number of thioether (sulfide) groups is 1. The highest BCUT2D eigenvalue weighted by atomic mass is 35.5. The predicted octanol–water partition coefficient (Wildman–Crippen LogP) is 0.649. The van der Waals surface area contributed by atoms with Gasteiger partial charge in [0.25, 0.3) is 0 Å². The molecule has 1 aromatic heterocycles. The summed E-state index contributed by atoms with van der Waals surface area (Å²) in [5.41, 5.74) is 0. The minimum absolute atomic E-state index is 0. The molecule has 11 heteroatoms. The Kier molecular flexibility index (Phi) is 7.84. The third-order valence-corrected chi connectivity index (χ3v) is 6.29. The molecule has 148 valence electrons. The van der Waals surface area contributed by atoms with Crippen molar-refractivity contribution >= 4 is 42.5 Å². The molecule has 3 fully saturated rings. The number of amides is 1. The van der Waals surface area contributed by atoms with E-state index < -0.39 is 5.76 Å². The number of hydrogen-bond donors (Lipinski definition) is 2. The van der Waals surface area contributed by atoms with E-state index in [4.69, 9.17) is 4.42 Å². The highest BCUT2D eigenvalue weighted by Crippen LogP contribution is 2.29. The zero-order valence-corrected chi connectivity index (χ0v) is 16.8. The van der Waals surface area contributed by atoms with Crippen molar-refractivity contribution in [3.63, 3.8) is 0 Å². The van der Waals surface area contributed by atoms with Crippen LogP contribution in [0.1, 0.15) is 31.1 Å². The fourth-order valence-electron chi connectivity index (χ4n) is 3.92. The van der Waals surface area contributed by atoms with Crippen LogP contribution in [0.5, 0.6) is 0 Å². The van der Waals surface area contributed by atoms with Gasteiger partial charge in [0.05, 0.1) is 11.9 Å². The number of nitrogens with one attached hydrogen (secondary N) is 2. The molecule has 2 atom stereocenters. The summed E-state index contributed by atoms with van der Waals surface area (Å²) < 4.78 is 5.08. The molecule has 3 aliphatic rings. The van der Waals surface area contributed by atoms with Crippen molar-refractivity contribution in [1.29, 1.82) is 0 Å². The Morgan fingerprint density at radius 2 is 2.00 bits per heavy atom. The lowest BCUT2D eigenvalue weighted by Crippen LogP contribution is -2.42. The lowest BCUT2D eigenvalue weighted by atomic mass is 9.95. The van der Waals surface area contributed by atoms with Gasteiger partial charge in [-0.1, -0.05) is 0 Å². The molecule has 0 spiro atoms.